The van der Waals surface area contributed by atoms with Gasteiger partial charge in [-0.05, 0) is 55.4 Å². The lowest BCUT2D eigenvalue weighted by Crippen LogP contribution is -2.52. The second kappa shape index (κ2) is 9.72. The summed E-state index contributed by atoms with van der Waals surface area (Å²) in [5, 5.41) is 0. The van der Waals surface area contributed by atoms with Crippen molar-refractivity contribution in [2.75, 3.05) is 0 Å². The van der Waals surface area contributed by atoms with E-state index in [9.17, 15) is 22.4 Å². The predicted molar refractivity (Wildman–Crippen MR) is 127 cm³/mol. The van der Waals surface area contributed by atoms with Gasteiger partial charge in [-0.1, -0.05) is 19.9 Å². The SMILES string of the molecule is CC(C)CC1C2C[C@@H](Oc3ccc(C(F)(F)F)cn3)[C@H](C2)N1C(=O)c1cccc(F)c1-c1ncccn1. The molecule has 1 aliphatic heterocycles. The summed E-state index contributed by atoms with van der Waals surface area (Å²) in [6.07, 6.45) is 0.916. The number of carbonyl (C=O) groups is 1. The van der Waals surface area contributed by atoms with Crippen LogP contribution < -0.4 is 4.74 Å². The third-order valence-corrected chi connectivity index (χ3v) is 7.08. The number of amides is 1. The molecule has 2 aromatic heterocycles. The van der Waals surface area contributed by atoms with E-state index < -0.39 is 23.7 Å². The van der Waals surface area contributed by atoms with Gasteiger partial charge >= 0.3 is 6.18 Å². The van der Waals surface area contributed by atoms with Gasteiger partial charge in [-0.2, -0.15) is 13.2 Å². The van der Waals surface area contributed by atoms with Gasteiger partial charge in [0.25, 0.3) is 5.91 Å². The maximum absolute atomic E-state index is 15.0. The second-order valence-electron chi connectivity index (χ2n) is 9.98. The molecule has 4 atom stereocenters. The van der Waals surface area contributed by atoms with E-state index in [0.29, 0.717) is 18.8 Å². The number of rotatable bonds is 6. The minimum absolute atomic E-state index is 0.0426. The molecule has 3 aromatic rings. The smallest absolute Gasteiger partial charge is 0.417 e. The average Bonchev–Trinajstić information content (AvgIpc) is 3.41. The zero-order valence-corrected chi connectivity index (χ0v) is 20.3. The lowest BCUT2D eigenvalue weighted by molar-refractivity contribution is -0.137. The van der Waals surface area contributed by atoms with Crippen LogP contribution in [0.5, 0.6) is 5.88 Å². The van der Waals surface area contributed by atoms with Crippen LogP contribution in [0.1, 0.15) is 49.0 Å². The van der Waals surface area contributed by atoms with Crippen LogP contribution in [0.4, 0.5) is 17.6 Å². The number of ether oxygens (including phenoxy) is 1. The quantitative estimate of drug-likeness (QED) is 0.390. The third kappa shape index (κ3) is 4.89. The van der Waals surface area contributed by atoms with Crippen LogP contribution >= 0.6 is 0 Å². The van der Waals surface area contributed by atoms with Crippen LogP contribution in [0.3, 0.4) is 0 Å². The molecule has 194 valence electrons. The second-order valence-corrected chi connectivity index (χ2v) is 9.98. The van der Waals surface area contributed by atoms with Gasteiger partial charge in [0.2, 0.25) is 5.88 Å². The van der Waals surface area contributed by atoms with Crippen molar-refractivity contribution >= 4 is 5.91 Å². The van der Waals surface area contributed by atoms with Crippen LogP contribution in [0.2, 0.25) is 0 Å². The molecule has 2 bridgehead atoms. The highest BCUT2D eigenvalue weighted by atomic mass is 19.4. The minimum atomic E-state index is -4.49. The number of alkyl halides is 3. The van der Waals surface area contributed by atoms with E-state index in [2.05, 4.69) is 28.8 Å². The highest BCUT2D eigenvalue weighted by molar-refractivity contribution is 6.01. The number of carbonyl (C=O) groups excluding carboxylic acids is 1. The number of piperidine rings is 1. The summed E-state index contributed by atoms with van der Waals surface area (Å²) in [6.45, 7) is 4.17. The molecule has 0 N–H and O–H groups in total. The summed E-state index contributed by atoms with van der Waals surface area (Å²) in [7, 11) is 0. The molecule has 10 heteroatoms. The molecule has 2 fully saturated rings. The van der Waals surface area contributed by atoms with Crippen molar-refractivity contribution in [3.05, 3.63) is 71.9 Å². The first-order chi connectivity index (χ1) is 17.6. The summed E-state index contributed by atoms with van der Waals surface area (Å²) < 4.78 is 59.8. The molecule has 1 aliphatic carbocycles. The molecule has 1 saturated heterocycles. The molecule has 1 saturated carbocycles. The number of hydrogen-bond acceptors (Lipinski definition) is 5. The summed E-state index contributed by atoms with van der Waals surface area (Å²) in [5.74, 6) is -0.267. The molecule has 37 heavy (non-hydrogen) atoms. The average molecular weight is 515 g/mol. The Labute approximate surface area is 211 Å². The number of benzene rings is 1. The number of likely N-dealkylation sites (tertiary alicyclic amines) is 1. The van der Waals surface area contributed by atoms with Crippen molar-refractivity contribution < 1.29 is 27.1 Å². The first kappa shape index (κ1) is 25.1. The highest BCUT2D eigenvalue weighted by Crippen LogP contribution is 2.47. The fourth-order valence-corrected chi connectivity index (χ4v) is 5.58. The molecule has 0 radical (unpaired) electrons. The number of hydrogen-bond donors (Lipinski definition) is 0. The van der Waals surface area contributed by atoms with Crippen molar-refractivity contribution in [2.45, 2.75) is 57.5 Å². The topological polar surface area (TPSA) is 68.2 Å². The van der Waals surface area contributed by atoms with E-state index in [4.69, 9.17) is 4.74 Å². The van der Waals surface area contributed by atoms with Crippen LogP contribution in [0.15, 0.2) is 55.0 Å². The molecule has 1 aromatic carbocycles. The number of halogens is 4. The van der Waals surface area contributed by atoms with E-state index in [-0.39, 0.29) is 46.7 Å². The van der Waals surface area contributed by atoms with E-state index in [1.54, 1.807) is 17.0 Å². The summed E-state index contributed by atoms with van der Waals surface area (Å²) in [6, 6.07) is 7.68. The van der Waals surface area contributed by atoms with Crippen molar-refractivity contribution in [3.8, 4) is 17.3 Å². The molecule has 1 amide bonds. The fourth-order valence-electron chi connectivity index (χ4n) is 5.58. The molecule has 2 unspecified atom stereocenters. The Hall–Kier alpha value is -3.56. The lowest BCUT2D eigenvalue weighted by Gasteiger charge is -2.40. The Kier molecular flexibility index (Phi) is 6.59. The first-order valence-electron chi connectivity index (χ1n) is 12.2. The van der Waals surface area contributed by atoms with Crippen LogP contribution in [0, 0.1) is 17.7 Å². The van der Waals surface area contributed by atoms with E-state index in [0.717, 1.165) is 18.7 Å². The molecule has 6 nitrogen and oxygen atoms in total. The standard InChI is InChI=1S/C27H26F4N4O2/c1-15(2)11-20-16-12-21(22(13-16)37-23-8-7-17(14-34-23)27(29,30)31)35(20)26(36)18-5-3-6-19(28)24(18)25-32-9-4-10-33-25/h3-10,14-16,20-22H,11-13H2,1-2H3/t16?,20?,21-,22+/m0/s1. The predicted octanol–water partition coefficient (Wildman–Crippen LogP) is 5.79. The Morgan fingerprint density at radius 1 is 1.08 bits per heavy atom. The van der Waals surface area contributed by atoms with E-state index in [1.165, 1.54) is 30.6 Å². The summed E-state index contributed by atoms with van der Waals surface area (Å²) >= 11 is 0. The monoisotopic (exact) mass is 514 g/mol. The zero-order chi connectivity index (χ0) is 26.3. The van der Waals surface area contributed by atoms with Crippen molar-refractivity contribution in [1.82, 2.24) is 19.9 Å². The van der Waals surface area contributed by atoms with Crippen LogP contribution in [-0.4, -0.2) is 43.9 Å². The van der Waals surface area contributed by atoms with Crippen molar-refractivity contribution in [1.29, 1.82) is 0 Å². The first-order valence-corrected chi connectivity index (χ1v) is 12.2. The van der Waals surface area contributed by atoms with Gasteiger partial charge in [-0.15, -0.1) is 0 Å². The van der Waals surface area contributed by atoms with E-state index >= 15 is 0 Å². The normalized spacial score (nSPS) is 23.1. The number of pyridine rings is 1. The van der Waals surface area contributed by atoms with Gasteiger partial charge in [-0.25, -0.2) is 19.3 Å². The summed E-state index contributed by atoms with van der Waals surface area (Å²) in [4.78, 5) is 28.0. The fraction of sp³-hybridized carbons (Fsp3) is 0.407. The largest absolute Gasteiger partial charge is 0.472 e. The molecule has 3 heterocycles. The maximum atomic E-state index is 15.0. The van der Waals surface area contributed by atoms with Gasteiger partial charge in [0, 0.05) is 30.7 Å². The third-order valence-electron chi connectivity index (χ3n) is 7.08. The lowest BCUT2D eigenvalue weighted by atomic mass is 9.89. The van der Waals surface area contributed by atoms with Crippen LogP contribution in [-0.2, 0) is 6.18 Å². The van der Waals surface area contributed by atoms with E-state index in [1.807, 2.05) is 0 Å². The van der Waals surface area contributed by atoms with Gasteiger partial charge in [0.15, 0.2) is 5.82 Å². The Balaban J connectivity index is 1.46. The van der Waals surface area contributed by atoms with Gasteiger partial charge in [0.1, 0.15) is 11.9 Å². The Morgan fingerprint density at radius 3 is 2.49 bits per heavy atom. The zero-order valence-electron chi connectivity index (χ0n) is 20.3. The van der Waals surface area contributed by atoms with Crippen molar-refractivity contribution in [2.24, 2.45) is 11.8 Å². The van der Waals surface area contributed by atoms with Crippen molar-refractivity contribution in [3.63, 3.8) is 0 Å². The Morgan fingerprint density at radius 2 is 1.84 bits per heavy atom. The molecule has 2 aliphatic rings. The summed E-state index contributed by atoms with van der Waals surface area (Å²) in [5.41, 5.74) is -0.650. The van der Waals surface area contributed by atoms with Gasteiger partial charge in [-0.3, -0.25) is 4.79 Å². The van der Waals surface area contributed by atoms with Gasteiger partial charge < -0.3 is 9.64 Å². The Bertz CT molecular complexity index is 1270. The molecular formula is C27H26F4N4O2. The number of fused-ring (bicyclic) bond motifs is 2. The number of nitrogens with zero attached hydrogens (tertiary/aromatic N) is 4. The molecule has 5 rings (SSSR count). The minimum Gasteiger partial charge on any atom is -0.472 e. The molecular weight excluding hydrogens is 488 g/mol. The van der Waals surface area contributed by atoms with Gasteiger partial charge in [0.05, 0.1) is 22.7 Å². The molecule has 0 spiro atoms. The highest BCUT2D eigenvalue weighted by Gasteiger charge is 2.54. The number of aromatic nitrogens is 3. The van der Waals surface area contributed by atoms with Crippen LogP contribution in [0.25, 0.3) is 11.4 Å². The maximum Gasteiger partial charge on any atom is 0.417 e.